The number of benzene rings is 3. The molecule has 0 aliphatic carbocycles. The lowest BCUT2D eigenvalue weighted by atomic mass is 9.83. The normalized spacial score (nSPS) is 24.4. The van der Waals surface area contributed by atoms with E-state index in [-0.39, 0.29) is 28.2 Å². The molecule has 3 heterocycles. The van der Waals surface area contributed by atoms with E-state index < -0.39 is 23.9 Å². The van der Waals surface area contributed by atoms with E-state index in [1.165, 1.54) is 11.0 Å². The highest BCUT2D eigenvalue weighted by Gasteiger charge is 2.64. The van der Waals surface area contributed by atoms with E-state index in [0.717, 1.165) is 15.6 Å². The third-order valence-corrected chi connectivity index (χ3v) is 8.09. The Balaban J connectivity index is 1.50. The molecule has 2 saturated heterocycles. The van der Waals surface area contributed by atoms with Crippen molar-refractivity contribution in [1.29, 1.82) is 0 Å². The van der Waals surface area contributed by atoms with Crippen LogP contribution >= 0.6 is 39.1 Å². The van der Waals surface area contributed by atoms with Gasteiger partial charge in [0.05, 0.1) is 28.6 Å². The van der Waals surface area contributed by atoms with Crippen molar-refractivity contribution in [1.82, 2.24) is 4.90 Å². The number of fused-ring (bicyclic) bond motifs is 5. The lowest BCUT2D eigenvalue weighted by Crippen LogP contribution is -2.44. The van der Waals surface area contributed by atoms with Crippen molar-refractivity contribution >= 4 is 68.5 Å². The van der Waals surface area contributed by atoms with E-state index in [9.17, 15) is 14.4 Å². The number of carbonyl (C=O) groups excluding carboxylic acids is 3. The highest BCUT2D eigenvalue weighted by molar-refractivity contribution is 9.10. The van der Waals surface area contributed by atoms with Crippen LogP contribution in [0.1, 0.15) is 27.5 Å². The molecule has 4 unspecified atom stereocenters. The Morgan fingerprint density at radius 1 is 0.886 bits per heavy atom. The van der Waals surface area contributed by atoms with Gasteiger partial charge in [-0.05, 0) is 59.7 Å². The molecule has 35 heavy (non-hydrogen) atoms. The zero-order valence-electron chi connectivity index (χ0n) is 18.1. The van der Waals surface area contributed by atoms with Crippen LogP contribution in [-0.4, -0.2) is 28.5 Å². The summed E-state index contributed by atoms with van der Waals surface area (Å²) < 4.78 is 0.837. The number of amides is 2. The molecule has 3 aliphatic rings. The van der Waals surface area contributed by atoms with Crippen LogP contribution in [0.4, 0.5) is 5.69 Å². The highest BCUT2D eigenvalue weighted by Crippen LogP contribution is 2.54. The zero-order valence-corrected chi connectivity index (χ0v) is 21.2. The standard InChI is InChI=1S/C27H17BrCl2N2O3/c28-15-5-8-17(9-6-15)32-26(34)21-22(27(32)35)24(25(33)19-10-7-16(29)13-20(19)30)31-12-11-14-3-1-2-4-18(14)23(21)31/h1-13,21-24H. The van der Waals surface area contributed by atoms with Crippen LogP contribution in [0.15, 0.2) is 77.4 Å². The van der Waals surface area contributed by atoms with Gasteiger partial charge >= 0.3 is 0 Å². The van der Waals surface area contributed by atoms with Gasteiger partial charge in [-0.1, -0.05) is 63.4 Å². The lowest BCUT2D eigenvalue weighted by molar-refractivity contribution is -0.123. The summed E-state index contributed by atoms with van der Waals surface area (Å²) in [6.07, 6.45) is 3.74. The van der Waals surface area contributed by atoms with Gasteiger partial charge in [-0.3, -0.25) is 14.4 Å². The predicted molar refractivity (Wildman–Crippen MR) is 138 cm³/mol. The van der Waals surface area contributed by atoms with Gasteiger partial charge < -0.3 is 4.90 Å². The summed E-state index contributed by atoms with van der Waals surface area (Å²) in [6.45, 7) is 0. The summed E-state index contributed by atoms with van der Waals surface area (Å²) in [6, 6.07) is 18.1. The van der Waals surface area contributed by atoms with Gasteiger partial charge in [-0.2, -0.15) is 0 Å². The first-order valence-corrected chi connectivity index (χ1v) is 12.6. The molecule has 3 aromatic carbocycles. The average molecular weight is 568 g/mol. The van der Waals surface area contributed by atoms with E-state index >= 15 is 0 Å². The summed E-state index contributed by atoms with van der Waals surface area (Å²) in [5, 5.41) is 0.625. The first-order valence-electron chi connectivity index (χ1n) is 11.0. The molecule has 0 spiro atoms. The highest BCUT2D eigenvalue weighted by atomic mass is 79.9. The Hall–Kier alpha value is -2.93. The molecule has 174 valence electrons. The van der Waals surface area contributed by atoms with Crippen molar-refractivity contribution in [3.8, 4) is 0 Å². The molecule has 0 aromatic heterocycles. The Kier molecular flexibility index (Phi) is 5.36. The molecule has 3 aromatic rings. The monoisotopic (exact) mass is 566 g/mol. The fourth-order valence-electron chi connectivity index (χ4n) is 5.55. The minimum Gasteiger partial charge on any atom is -0.358 e. The average Bonchev–Trinajstić information content (AvgIpc) is 3.32. The molecular formula is C27H17BrCl2N2O3. The number of halogens is 3. The van der Waals surface area contributed by atoms with Gasteiger partial charge in [-0.25, -0.2) is 4.90 Å². The number of carbonyl (C=O) groups is 3. The Bertz CT molecular complexity index is 1440. The van der Waals surface area contributed by atoms with Gasteiger partial charge in [0.2, 0.25) is 11.8 Å². The summed E-state index contributed by atoms with van der Waals surface area (Å²) in [5.41, 5.74) is 2.64. The third-order valence-electron chi connectivity index (χ3n) is 7.01. The Morgan fingerprint density at radius 3 is 2.34 bits per heavy atom. The molecule has 8 heteroatoms. The first-order chi connectivity index (χ1) is 16.9. The summed E-state index contributed by atoms with van der Waals surface area (Å²) in [5.74, 6) is -2.57. The van der Waals surface area contributed by atoms with Gasteiger partial charge in [0.1, 0.15) is 6.04 Å². The number of hydrogen-bond donors (Lipinski definition) is 0. The molecule has 4 atom stereocenters. The third kappa shape index (κ3) is 3.39. The SMILES string of the molecule is O=C(c1ccc(Cl)cc1Cl)C1C2C(=O)N(c3ccc(Br)cc3)C(=O)C2C2c3ccccc3C=CN12. The molecule has 5 nitrogen and oxygen atoms in total. The number of Topliss-reactive ketones (excluding diaryl/α,β-unsaturated/α-hetero) is 1. The second-order valence-corrected chi connectivity index (χ2v) is 10.6. The first kappa shape index (κ1) is 22.5. The molecule has 0 bridgehead atoms. The van der Waals surface area contributed by atoms with Gasteiger partial charge in [0.15, 0.2) is 5.78 Å². The molecular weight excluding hydrogens is 551 g/mol. The Labute approximate surface area is 220 Å². The van der Waals surface area contributed by atoms with Crippen molar-refractivity contribution < 1.29 is 14.4 Å². The second-order valence-electron chi connectivity index (χ2n) is 8.81. The van der Waals surface area contributed by atoms with Crippen LogP contribution in [0.3, 0.4) is 0 Å². The quantitative estimate of drug-likeness (QED) is 0.281. The van der Waals surface area contributed by atoms with Crippen LogP contribution in [0, 0.1) is 11.8 Å². The van der Waals surface area contributed by atoms with Crippen LogP contribution in [0.5, 0.6) is 0 Å². The van der Waals surface area contributed by atoms with E-state index in [0.29, 0.717) is 10.7 Å². The molecule has 0 radical (unpaired) electrons. The van der Waals surface area contributed by atoms with Crippen LogP contribution < -0.4 is 4.90 Å². The van der Waals surface area contributed by atoms with Crippen molar-refractivity contribution in [2.45, 2.75) is 12.1 Å². The lowest BCUT2D eigenvalue weighted by Gasteiger charge is -2.35. The van der Waals surface area contributed by atoms with Gasteiger partial charge in [-0.15, -0.1) is 0 Å². The number of anilines is 1. The Morgan fingerprint density at radius 2 is 1.60 bits per heavy atom. The van der Waals surface area contributed by atoms with Crippen LogP contribution in [0.2, 0.25) is 10.0 Å². The van der Waals surface area contributed by atoms with Gasteiger partial charge in [0, 0.05) is 21.3 Å². The van der Waals surface area contributed by atoms with Crippen molar-refractivity contribution in [2.75, 3.05) is 4.90 Å². The predicted octanol–water partition coefficient (Wildman–Crippen LogP) is 6.15. The van der Waals surface area contributed by atoms with Crippen molar-refractivity contribution in [3.63, 3.8) is 0 Å². The number of ketones is 1. The van der Waals surface area contributed by atoms with Crippen LogP contribution in [0.25, 0.3) is 6.08 Å². The summed E-state index contributed by atoms with van der Waals surface area (Å²) in [7, 11) is 0. The maximum Gasteiger partial charge on any atom is 0.240 e. The van der Waals surface area contributed by atoms with Crippen LogP contribution in [-0.2, 0) is 9.59 Å². The van der Waals surface area contributed by atoms with Gasteiger partial charge in [0.25, 0.3) is 0 Å². The maximum absolute atomic E-state index is 13.9. The summed E-state index contributed by atoms with van der Waals surface area (Å²) in [4.78, 5) is 44.7. The maximum atomic E-state index is 13.9. The second kappa shape index (κ2) is 8.33. The van der Waals surface area contributed by atoms with Crippen molar-refractivity contribution in [2.24, 2.45) is 11.8 Å². The molecule has 2 fully saturated rings. The molecule has 0 saturated carbocycles. The minimum atomic E-state index is -0.884. The molecule has 6 rings (SSSR count). The zero-order chi connectivity index (χ0) is 24.4. The van der Waals surface area contributed by atoms with E-state index in [2.05, 4.69) is 15.9 Å². The smallest absolute Gasteiger partial charge is 0.240 e. The number of imide groups is 1. The number of hydrogen-bond acceptors (Lipinski definition) is 4. The molecule has 3 aliphatic heterocycles. The van der Waals surface area contributed by atoms with E-state index in [1.54, 1.807) is 36.4 Å². The number of nitrogens with zero attached hydrogens (tertiary/aromatic N) is 2. The van der Waals surface area contributed by atoms with E-state index in [4.69, 9.17) is 23.2 Å². The minimum absolute atomic E-state index is 0.213. The number of rotatable bonds is 3. The fourth-order valence-corrected chi connectivity index (χ4v) is 6.32. The molecule has 0 N–H and O–H groups in total. The molecule has 2 amide bonds. The fraction of sp³-hybridized carbons (Fsp3) is 0.148. The van der Waals surface area contributed by atoms with E-state index in [1.807, 2.05) is 41.4 Å². The largest absolute Gasteiger partial charge is 0.358 e. The topological polar surface area (TPSA) is 57.7 Å². The van der Waals surface area contributed by atoms with Crippen molar-refractivity contribution in [3.05, 3.63) is 104 Å². The summed E-state index contributed by atoms with van der Waals surface area (Å²) >= 11 is 15.8.